The maximum absolute atomic E-state index is 6.48. The largest absolute Gasteiger partial charge is 0.456 e. The number of benzene rings is 8. The van der Waals surface area contributed by atoms with Crippen molar-refractivity contribution in [2.75, 3.05) is 4.90 Å². The van der Waals surface area contributed by atoms with E-state index in [1.807, 2.05) is 24.4 Å². The lowest BCUT2D eigenvalue weighted by Crippen LogP contribution is -2.12. The van der Waals surface area contributed by atoms with Crippen LogP contribution in [0, 0.1) is 0 Å². The Morgan fingerprint density at radius 3 is 2.19 bits per heavy atom. The number of hydrogen-bond donors (Lipinski definition) is 0. The molecule has 0 saturated heterocycles. The molecule has 0 unspecified atom stereocenters. The van der Waals surface area contributed by atoms with Crippen LogP contribution >= 0.6 is 0 Å². The molecule has 8 aromatic carbocycles. The van der Waals surface area contributed by atoms with Crippen LogP contribution in [-0.2, 0) is 0 Å². The van der Waals surface area contributed by atoms with Crippen LogP contribution in [0.5, 0.6) is 0 Å². The number of nitrogens with zero attached hydrogens (tertiary/aromatic N) is 3. The monoisotopic (exact) mass is 675 g/mol. The number of para-hydroxylation sites is 3. The minimum atomic E-state index is 0.854. The van der Waals surface area contributed by atoms with Crippen molar-refractivity contribution in [3.63, 3.8) is 0 Å². The summed E-state index contributed by atoms with van der Waals surface area (Å²) in [7, 11) is 0. The third-order valence-corrected chi connectivity index (χ3v) is 11.1. The van der Waals surface area contributed by atoms with Gasteiger partial charge in [-0.05, 0) is 88.1 Å². The highest BCUT2D eigenvalue weighted by Gasteiger charge is 2.28. The first-order chi connectivity index (χ1) is 26.3. The Morgan fingerprint density at radius 1 is 0.472 bits per heavy atom. The van der Waals surface area contributed by atoms with E-state index < -0.39 is 0 Å². The molecule has 0 fully saturated rings. The van der Waals surface area contributed by atoms with E-state index in [-0.39, 0.29) is 0 Å². The number of anilines is 3. The summed E-state index contributed by atoms with van der Waals surface area (Å²) < 4.78 is 8.90. The van der Waals surface area contributed by atoms with Gasteiger partial charge in [0.1, 0.15) is 11.2 Å². The molecule has 4 nitrogen and oxygen atoms in total. The highest BCUT2D eigenvalue weighted by molar-refractivity contribution is 6.31. The minimum absolute atomic E-state index is 0.854. The molecule has 0 atom stereocenters. The average molecular weight is 676 g/mol. The number of aromatic nitrogens is 2. The van der Waals surface area contributed by atoms with Crippen LogP contribution in [0.1, 0.15) is 0 Å². The van der Waals surface area contributed by atoms with Crippen molar-refractivity contribution in [2.24, 2.45) is 0 Å². The zero-order chi connectivity index (χ0) is 34.6. The fourth-order valence-corrected chi connectivity index (χ4v) is 8.91. The van der Waals surface area contributed by atoms with Gasteiger partial charge in [0.2, 0.25) is 0 Å². The van der Waals surface area contributed by atoms with Crippen LogP contribution in [0.3, 0.4) is 0 Å². The average Bonchev–Trinajstić information content (AvgIpc) is 3.72. The zero-order valence-corrected chi connectivity index (χ0v) is 28.5. The number of rotatable bonds is 4. The molecule has 0 saturated carbocycles. The van der Waals surface area contributed by atoms with Gasteiger partial charge in [-0.1, -0.05) is 103 Å². The summed E-state index contributed by atoms with van der Waals surface area (Å²) in [6.45, 7) is 0. The zero-order valence-electron chi connectivity index (χ0n) is 28.5. The standard InChI is InChI=1S/C49H29N3O/c1-2-13-32(14-3-1)52-42-21-10-17-38-37-16-9-20-41(47(37)39-18-8-12-30-23-26-43(52)49(46(30)39)48(38)42)51(34-27-31-11-4-6-19-40(31)50-29-34)33-24-25-36-35-15-5-7-22-44(35)53-45(36)28-33/h1-29H. The topological polar surface area (TPSA) is 34.2 Å². The Bertz CT molecular complexity index is 3300. The molecular weight excluding hydrogens is 647 g/mol. The molecule has 4 heteroatoms. The van der Waals surface area contributed by atoms with Crippen molar-refractivity contribution in [2.45, 2.75) is 0 Å². The van der Waals surface area contributed by atoms with E-state index in [0.29, 0.717) is 0 Å². The summed E-state index contributed by atoms with van der Waals surface area (Å²) in [4.78, 5) is 7.34. The van der Waals surface area contributed by atoms with Crippen molar-refractivity contribution < 1.29 is 4.42 Å². The Hall–Kier alpha value is -7.17. The molecular formula is C49H29N3O. The maximum atomic E-state index is 6.48. The van der Waals surface area contributed by atoms with Gasteiger partial charge >= 0.3 is 0 Å². The number of furan rings is 1. The molecule has 3 aromatic heterocycles. The normalized spacial score (nSPS) is 12.2. The Kier molecular flexibility index (Phi) is 5.74. The summed E-state index contributed by atoms with van der Waals surface area (Å²) in [6, 6.07) is 61.0. The molecule has 53 heavy (non-hydrogen) atoms. The van der Waals surface area contributed by atoms with Crippen LogP contribution in [0.15, 0.2) is 180 Å². The van der Waals surface area contributed by atoms with Gasteiger partial charge in [-0.2, -0.15) is 0 Å². The lowest BCUT2D eigenvalue weighted by Gasteiger charge is -2.29. The van der Waals surface area contributed by atoms with E-state index >= 15 is 0 Å². The molecule has 0 amide bonds. The lowest BCUT2D eigenvalue weighted by molar-refractivity contribution is 0.669. The van der Waals surface area contributed by atoms with Crippen LogP contribution < -0.4 is 4.90 Å². The number of pyridine rings is 1. The van der Waals surface area contributed by atoms with Crippen molar-refractivity contribution in [3.8, 4) is 27.9 Å². The second-order valence-corrected chi connectivity index (χ2v) is 13.9. The molecule has 246 valence electrons. The smallest absolute Gasteiger partial charge is 0.137 e. The minimum Gasteiger partial charge on any atom is -0.456 e. The van der Waals surface area contributed by atoms with E-state index in [2.05, 4.69) is 161 Å². The first kappa shape index (κ1) is 28.5. The Labute approximate surface area is 304 Å². The number of hydrogen-bond acceptors (Lipinski definition) is 3. The highest BCUT2D eigenvalue weighted by Crippen LogP contribution is 2.54. The van der Waals surface area contributed by atoms with Crippen molar-refractivity contribution in [1.82, 2.24) is 9.55 Å². The van der Waals surface area contributed by atoms with Crippen LogP contribution in [-0.4, -0.2) is 9.55 Å². The van der Waals surface area contributed by atoms with Crippen molar-refractivity contribution in [3.05, 3.63) is 176 Å². The predicted molar refractivity (Wildman–Crippen MR) is 220 cm³/mol. The quantitative estimate of drug-likeness (QED) is 0.186. The van der Waals surface area contributed by atoms with E-state index in [0.717, 1.165) is 55.6 Å². The Balaban J connectivity index is 1.20. The predicted octanol–water partition coefficient (Wildman–Crippen LogP) is 13.5. The summed E-state index contributed by atoms with van der Waals surface area (Å²) in [5, 5.41) is 8.37. The van der Waals surface area contributed by atoms with E-state index in [1.54, 1.807) is 0 Å². The van der Waals surface area contributed by atoms with Gasteiger partial charge in [-0.25, -0.2) is 0 Å². The van der Waals surface area contributed by atoms with Crippen LogP contribution in [0.25, 0.3) is 93.4 Å². The Morgan fingerprint density at radius 2 is 1.23 bits per heavy atom. The molecule has 1 aliphatic carbocycles. The molecule has 11 aromatic rings. The van der Waals surface area contributed by atoms with E-state index in [1.165, 1.54) is 54.8 Å². The molecule has 0 N–H and O–H groups in total. The molecule has 12 rings (SSSR count). The van der Waals surface area contributed by atoms with Crippen LogP contribution in [0.2, 0.25) is 0 Å². The fourth-order valence-electron chi connectivity index (χ4n) is 8.91. The van der Waals surface area contributed by atoms with Gasteiger partial charge in [0.25, 0.3) is 0 Å². The van der Waals surface area contributed by atoms with Crippen molar-refractivity contribution in [1.29, 1.82) is 0 Å². The van der Waals surface area contributed by atoms with E-state index in [9.17, 15) is 0 Å². The van der Waals surface area contributed by atoms with Gasteiger partial charge in [-0.3, -0.25) is 4.98 Å². The second kappa shape index (κ2) is 10.7. The van der Waals surface area contributed by atoms with Gasteiger partial charge in [0.05, 0.1) is 34.1 Å². The molecule has 0 radical (unpaired) electrons. The SMILES string of the molecule is c1ccc(-n2c3cccc4c3c3c5c(cccc5ccc32)-c2c-4cccc2N(c2cnc3ccccc3c2)c2ccc3c(c2)oc2ccccc23)cc1. The summed E-state index contributed by atoms with van der Waals surface area (Å²) in [5.41, 5.74) is 14.2. The summed E-state index contributed by atoms with van der Waals surface area (Å²) >= 11 is 0. The van der Waals surface area contributed by atoms with Gasteiger partial charge < -0.3 is 13.9 Å². The lowest BCUT2D eigenvalue weighted by atomic mass is 9.91. The third-order valence-electron chi connectivity index (χ3n) is 11.1. The third kappa shape index (κ3) is 3.98. The molecule has 0 bridgehead atoms. The fraction of sp³-hybridized carbons (Fsp3) is 0. The molecule has 3 heterocycles. The number of fused-ring (bicyclic) bond motifs is 7. The van der Waals surface area contributed by atoms with Gasteiger partial charge in [0.15, 0.2) is 0 Å². The first-order valence-electron chi connectivity index (χ1n) is 18.0. The van der Waals surface area contributed by atoms with Crippen LogP contribution in [0.4, 0.5) is 17.1 Å². The summed E-state index contributed by atoms with van der Waals surface area (Å²) in [6.07, 6.45) is 2.00. The summed E-state index contributed by atoms with van der Waals surface area (Å²) in [5.74, 6) is 0. The van der Waals surface area contributed by atoms with E-state index in [4.69, 9.17) is 9.40 Å². The second-order valence-electron chi connectivity index (χ2n) is 13.9. The maximum Gasteiger partial charge on any atom is 0.137 e. The van der Waals surface area contributed by atoms with Gasteiger partial charge in [0, 0.05) is 49.9 Å². The van der Waals surface area contributed by atoms with Gasteiger partial charge in [-0.15, -0.1) is 0 Å². The molecule has 0 spiro atoms. The molecule has 1 aliphatic rings. The molecule has 0 aliphatic heterocycles. The van der Waals surface area contributed by atoms with Crippen molar-refractivity contribution >= 4 is 82.5 Å². The first-order valence-corrected chi connectivity index (χ1v) is 18.0. The highest BCUT2D eigenvalue weighted by atomic mass is 16.3.